The molecular weight excluding hydrogens is 176 g/mol. The summed E-state index contributed by atoms with van der Waals surface area (Å²) < 4.78 is 0. The molecule has 0 atom stereocenters. The van der Waals surface area contributed by atoms with E-state index in [0.717, 1.165) is 19.5 Å². The van der Waals surface area contributed by atoms with Gasteiger partial charge in [0.25, 0.3) is 0 Å². The highest BCUT2D eigenvalue weighted by Gasteiger charge is 2.26. The average Bonchev–Trinajstić information content (AvgIpc) is 2.62. The standard InChI is InChI=1S/C8H14N2O.ClH/c11-8(10-7-1-2-7)3-6-4-9-5-6;/h6-7,9H,1-5H2,(H,10,11);1H. The second-order valence-electron chi connectivity index (χ2n) is 3.57. The maximum atomic E-state index is 11.2. The summed E-state index contributed by atoms with van der Waals surface area (Å²) in [6.45, 7) is 2.05. The molecule has 12 heavy (non-hydrogen) atoms. The predicted octanol–water partition coefficient (Wildman–Crippen LogP) is 0.296. The van der Waals surface area contributed by atoms with Crippen LogP contribution < -0.4 is 10.6 Å². The van der Waals surface area contributed by atoms with Crippen molar-refractivity contribution < 1.29 is 4.79 Å². The molecule has 2 rings (SSSR count). The van der Waals surface area contributed by atoms with Crippen LogP contribution in [0.1, 0.15) is 19.3 Å². The van der Waals surface area contributed by atoms with Gasteiger partial charge in [0.2, 0.25) is 5.91 Å². The van der Waals surface area contributed by atoms with E-state index in [1.165, 1.54) is 12.8 Å². The van der Waals surface area contributed by atoms with Gasteiger partial charge in [0, 0.05) is 12.5 Å². The Labute approximate surface area is 78.7 Å². The number of carbonyl (C=O) groups is 1. The highest BCUT2D eigenvalue weighted by Crippen LogP contribution is 2.19. The van der Waals surface area contributed by atoms with Gasteiger partial charge in [-0.3, -0.25) is 4.79 Å². The highest BCUT2D eigenvalue weighted by atomic mass is 35.5. The Morgan fingerprint density at radius 2 is 2.08 bits per heavy atom. The third kappa shape index (κ3) is 2.64. The molecule has 0 unspecified atom stereocenters. The molecule has 1 aliphatic heterocycles. The van der Waals surface area contributed by atoms with E-state index in [4.69, 9.17) is 0 Å². The fraction of sp³-hybridized carbons (Fsp3) is 0.875. The topological polar surface area (TPSA) is 41.1 Å². The minimum Gasteiger partial charge on any atom is -0.353 e. The SMILES string of the molecule is Cl.O=C(CC1CNC1)NC1CC1. The van der Waals surface area contributed by atoms with Crippen LogP contribution in [-0.4, -0.2) is 25.0 Å². The first-order chi connectivity index (χ1) is 5.34. The Balaban J connectivity index is 0.000000720. The van der Waals surface area contributed by atoms with Gasteiger partial charge in [-0.05, 0) is 31.8 Å². The van der Waals surface area contributed by atoms with E-state index >= 15 is 0 Å². The van der Waals surface area contributed by atoms with E-state index in [1.54, 1.807) is 0 Å². The van der Waals surface area contributed by atoms with Crippen molar-refractivity contribution in [3.05, 3.63) is 0 Å². The molecule has 1 aliphatic carbocycles. The van der Waals surface area contributed by atoms with E-state index in [9.17, 15) is 4.79 Å². The molecule has 0 aromatic heterocycles. The maximum absolute atomic E-state index is 11.2. The summed E-state index contributed by atoms with van der Waals surface area (Å²) in [7, 11) is 0. The van der Waals surface area contributed by atoms with Crippen molar-refractivity contribution in [3.8, 4) is 0 Å². The Bertz CT molecular complexity index is 166. The molecule has 1 saturated heterocycles. The number of carbonyl (C=O) groups excluding carboxylic acids is 1. The van der Waals surface area contributed by atoms with Gasteiger partial charge in [-0.15, -0.1) is 12.4 Å². The van der Waals surface area contributed by atoms with Crippen molar-refractivity contribution in [2.24, 2.45) is 5.92 Å². The van der Waals surface area contributed by atoms with Gasteiger partial charge >= 0.3 is 0 Å². The minimum atomic E-state index is 0. The van der Waals surface area contributed by atoms with Crippen LogP contribution in [-0.2, 0) is 4.79 Å². The molecule has 0 aromatic carbocycles. The summed E-state index contributed by atoms with van der Waals surface area (Å²) in [5.41, 5.74) is 0. The molecule has 1 saturated carbocycles. The van der Waals surface area contributed by atoms with Gasteiger partial charge in [-0.1, -0.05) is 0 Å². The number of hydrogen-bond donors (Lipinski definition) is 2. The van der Waals surface area contributed by atoms with Gasteiger partial charge in [0.05, 0.1) is 0 Å². The molecule has 70 valence electrons. The Hall–Kier alpha value is -0.280. The van der Waals surface area contributed by atoms with Crippen molar-refractivity contribution in [1.82, 2.24) is 10.6 Å². The summed E-state index contributed by atoms with van der Waals surface area (Å²) in [6.07, 6.45) is 3.10. The fourth-order valence-electron chi connectivity index (χ4n) is 1.27. The Kier molecular flexibility index (Phi) is 3.35. The molecule has 0 radical (unpaired) electrons. The molecule has 0 bridgehead atoms. The third-order valence-corrected chi connectivity index (χ3v) is 2.28. The van der Waals surface area contributed by atoms with Gasteiger partial charge in [0.15, 0.2) is 0 Å². The Morgan fingerprint density at radius 1 is 1.42 bits per heavy atom. The molecule has 2 N–H and O–H groups in total. The molecule has 4 heteroatoms. The molecular formula is C8H15ClN2O. The van der Waals surface area contributed by atoms with E-state index < -0.39 is 0 Å². The minimum absolute atomic E-state index is 0. The normalized spacial score (nSPS) is 22.3. The second kappa shape index (κ2) is 4.10. The largest absolute Gasteiger partial charge is 0.353 e. The first kappa shape index (κ1) is 9.81. The zero-order chi connectivity index (χ0) is 7.68. The van der Waals surface area contributed by atoms with Crippen LogP contribution in [0.4, 0.5) is 0 Å². The molecule has 0 spiro atoms. The lowest BCUT2D eigenvalue weighted by Gasteiger charge is -2.26. The molecule has 3 nitrogen and oxygen atoms in total. The molecule has 0 aromatic rings. The summed E-state index contributed by atoms with van der Waals surface area (Å²) in [6, 6.07) is 0.524. The van der Waals surface area contributed by atoms with Crippen molar-refractivity contribution in [1.29, 1.82) is 0 Å². The zero-order valence-electron chi connectivity index (χ0n) is 7.01. The second-order valence-corrected chi connectivity index (χ2v) is 3.57. The Morgan fingerprint density at radius 3 is 2.50 bits per heavy atom. The number of hydrogen-bond acceptors (Lipinski definition) is 2. The van der Waals surface area contributed by atoms with E-state index in [0.29, 0.717) is 12.0 Å². The van der Waals surface area contributed by atoms with Crippen LogP contribution in [0.25, 0.3) is 0 Å². The first-order valence-corrected chi connectivity index (χ1v) is 4.34. The van der Waals surface area contributed by atoms with Crippen LogP contribution >= 0.6 is 12.4 Å². The number of halogens is 1. The van der Waals surface area contributed by atoms with Crippen molar-refractivity contribution in [3.63, 3.8) is 0 Å². The van der Waals surface area contributed by atoms with Gasteiger partial charge < -0.3 is 10.6 Å². The van der Waals surface area contributed by atoms with Crippen LogP contribution in [0.15, 0.2) is 0 Å². The number of nitrogens with one attached hydrogen (secondary N) is 2. The van der Waals surface area contributed by atoms with E-state index in [-0.39, 0.29) is 18.3 Å². The van der Waals surface area contributed by atoms with Gasteiger partial charge in [-0.25, -0.2) is 0 Å². The van der Waals surface area contributed by atoms with Crippen molar-refractivity contribution >= 4 is 18.3 Å². The lowest BCUT2D eigenvalue weighted by atomic mass is 9.99. The quantitative estimate of drug-likeness (QED) is 0.672. The van der Waals surface area contributed by atoms with E-state index in [2.05, 4.69) is 10.6 Å². The van der Waals surface area contributed by atoms with Crippen LogP contribution in [0.3, 0.4) is 0 Å². The highest BCUT2D eigenvalue weighted by molar-refractivity contribution is 5.85. The summed E-state index contributed by atoms with van der Waals surface area (Å²) in [5, 5.41) is 6.14. The van der Waals surface area contributed by atoms with Crippen LogP contribution in [0, 0.1) is 5.92 Å². The lowest BCUT2D eigenvalue weighted by molar-refractivity contribution is -0.122. The number of rotatable bonds is 3. The van der Waals surface area contributed by atoms with Gasteiger partial charge in [-0.2, -0.15) is 0 Å². The van der Waals surface area contributed by atoms with Crippen molar-refractivity contribution in [2.45, 2.75) is 25.3 Å². The van der Waals surface area contributed by atoms with Crippen LogP contribution in [0.2, 0.25) is 0 Å². The average molecular weight is 191 g/mol. The van der Waals surface area contributed by atoms with Crippen LogP contribution in [0.5, 0.6) is 0 Å². The predicted molar refractivity (Wildman–Crippen MR) is 49.4 cm³/mol. The summed E-state index contributed by atoms with van der Waals surface area (Å²) in [4.78, 5) is 11.2. The van der Waals surface area contributed by atoms with Gasteiger partial charge in [0.1, 0.15) is 0 Å². The first-order valence-electron chi connectivity index (χ1n) is 4.34. The smallest absolute Gasteiger partial charge is 0.220 e. The maximum Gasteiger partial charge on any atom is 0.220 e. The fourth-order valence-corrected chi connectivity index (χ4v) is 1.27. The third-order valence-electron chi connectivity index (χ3n) is 2.28. The molecule has 2 fully saturated rings. The summed E-state index contributed by atoms with van der Waals surface area (Å²) >= 11 is 0. The lowest BCUT2D eigenvalue weighted by Crippen LogP contribution is -2.44. The van der Waals surface area contributed by atoms with E-state index in [1.807, 2.05) is 0 Å². The zero-order valence-corrected chi connectivity index (χ0v) is 7.82. The summed E-state index contributed by atoms with van der Waals surface area (Å²) in [5.74, 6) is 0.854. The molecule has 1 heterocycles. The molecule has 2 aliphatic rings. The van der Waals surface area contributed by atoms with Crippen molar-refractivity contribution in [2.75, 3.05) is 13.1 Å². The monoisotopic (exact) mass is 190 g/mol. The molecule has 1 amide bonds. The number of amides is 1.